The highest BCUT2D eigenvalue weighted by Crippen LogP contribution is 2.34. The number of nitrogens with one attached hydrogen (secondary N) is 1. The van der Waals surface area contributed by atoms with Crippen molar-refractivity contribution < 1.29 is 29.3 Å². The van der Waals surface area contributed by atoms with Gasteiger partial charge in [0.15, 0.2) is 6.29 Å². The average molecular weight is 535 g/mol. The highest BCUT2D eigenvalue weighted by molar-refractivity contribution is 14.1. The number of hydrogen-bond donors (Lipinski definition) is 3. The number of carboxylic acids is 2. The van der Waals surface area contributed by atoms with Crippen molar-refractivity contribution in [1.29, 1.82) is 0 Å². The van der Waals surface area contributed by atoms with Crippen molar-refractivity contribution in [1.82, 2.24) is 0 Å². The van der Waals surface area contributed by atoms with Crippen LogP contribution in [0.25, 0.3) is 0 Å². The number of anilines is 1. The van der Waals surface area contributed by atoms with Gasteiger partial charge >= 0.3 is 11.9 Å². The van der Waals surface area contributed by atoms with Crippen molar-refractivity contribution in [2.45, 2.75) is 13.2 Å². The van der Waals surface area contributed by atoms with Crippen molar-refractivity contribution in [3.05, 3.63) is 23.8 Å². The van der Waals surface area contributed by atoms with Crippen molar-refractivity contribution in [3.63, 3.8) is 0 Å². The summed E-state index contributed by atoms with van der Waals surface area (Å²) in [6.45, 7) is 1.89. The first-order chi connectivity index (χ1) is 10.3. The molecule has 22 heavy (non-hydrogen) atoms. The molecule has 0 unspecified atom stereocenters. The van der Waals surface area contributed by atoms with Crippen LogP contribution in [0.15, 0.2) is 0 Å². The normalized spacial score (nSPS) is 10.8. The summed E-state index contributed by atoms with van der Waals surface area (Å²) in [5.41, 5.74) is 0.873. The van der Waals surface area contributed by atoms with Gasteiger partial charge in [0.25, 0.3) is 0 Å². The lowest BCUT2D eigenvalue weighted by atomic mass is 10.0. The second kappa shape index (κ2) is 8.26. The fraction of sp³-hybridized carbons (Fsp3) is 0.385. The molecule has 0 saturated heterocycles. The van der Waals surface area contributed by atoms with E-state index in [0.717, 1.165) is 0 Å². The standard InChI is InChI=1S/C13H15I2NO6/c1-5-7(12(17)18)9(14)8(13(19)20)10(15)11(5)16-4-6(21-2)22-3/h6,16H,4H2,1-3H3,(H,17,18)(H,19,20). The van der Waals surface area contributed by atoms with Gasteiger partial charge in [0.2, 0.25) is 0 Å². The van der Waals surface area contributed by atoms with E-state index in [1.165, 1.54) is 14.2 Å². The molecule has 0 aromatic heterocycles. The molecule has 0 heterocycles. The summed E-state index contributed by atoms with van der Waals surface area (Å²) in [4.78, 5) is 22.9. The Morgan fingerprint density at radius 1 is 1.09 bits per heavy atom. The molecule has 0 aliphatic heterocycles. The maximum absolute atomic E-state index is 11.5. The Labute approximate surface area is 154 Å². The number of rotatable bonds is 7. The molecule has 0 fully saturated rings. The number of benzene rings is 1. The first-order valence-electron chi connectivity index (χ1n) is 6.03. The van der Waals surface area contributed by atoms with E-state index in [0.29, 0.717) is 14.8 Å². The van der Waals surface area contributed by atoms with Gasteiger partial charge in [-0.3, -0.25) is 0 Å². The highest BCUT2D eigenvalue weighted by atomic mass is 127. The highest BCUT2D eigenvalue weighted by Gasteiger charge is 2.26. The average Bonchev–Trinajstić information content (AvgIpc) is 2.41. The van der Waals surface area contributed by atoms with Crippen molar-refractivity contribution in [2.75, 3.05) is 26.1 Å². The van der Waals surface area contributed by atoms with E-state index in [-0.39, 0.29) is 21.2 Å². The zero-order chi connectivity index (χ0) is 17.0. The number of aromatic carboxylic acids is 2. The van der Waals surface area contributed by atoms with E-state index in [1.54, 1.807) is 29.5 Å². The van der Waals surface area contributed by atoms with E-state index in [9.17, 15) is 19.8 Å². The van der Waals surface area contributed by atoms with Crippen LogP contribution < -0.4 is 5.32 Å². The van der Waals surface area contributed by atoms with Gasteiger partial charge in [0.1, 0.15) is 0 Å². The minimum atomic E-state index is -1.17. The Morgan fingerprint density at radius 2 is 1.59 bits per heavy atom. The molecule has 122 valence electrons. The predicted octanol–water partition coefficient (Wildman–Crippen LogP) is 2.63. The maximum Gasteiger partial charge on any atom is 0.337 e. The lowest BCUT2D eigenvalue weighted by Gasteiger charge is -2.20. The molecule has 1 aromatic rings. The molecule has 7 nitrogen and oxygen atoms in total. The Morgan fingerprint density at radius 3 is 2.00 bits per heavy atom. The molecule has 0 spiro atoms. The van der Waals surface area contributed by atoms with Gasteiger partial charge in [-0.05, 0) is 57.7 Å². The van der Waals surface area contributed by atoms with Crippen LogP contribution in [0.5, 0.6) is 0 Å². The number of ether oxygens (including phenoxy) is 2. The monoisotopic (exact) mass is 535 g/mol. The summed E-state index contributed by atoms with van der Waals surface area (Å²) in [6, 6.07) is 0. The number of carboxylic acid groups (broad SMARTS) is 2. The van der Waals surface area contributed by atoms with Gasteiger partial charge in [-0.2, -0.15) is 0 Å². The number of carbonyl (C=O) groups is 2. The first-order valence-corrected chi connectivity index (χ1v) is 8.19. The number of hydrogen-bond acceptors (Lipinski definition) is 5. The van der Waals surface area contributed by atoms with Crippen molar-refractivity contribution in [2.24, 2.45) is 0 Å². The molecule has 0 amide bonds. The van der Waals surface area contributed by atoms with Crippen LogP contribution in [-0.4, -0.2) is 49.2 Å². The van der Waals surface area contributed by atoms with E-state index in [4.69, 9.17) is 9.47 Å². The van der Waals surface area contributed by atoms with E-state index >= 15 is 0 Å². The van der Waals surface area contributed by atoms with Crippen LogP contribution in [0.1, 0.15) is 26.3 Å². The fourth-order valence-corrected chi connectivity index (χ4v) is 4.65. The molecule has 0 aliphatic rings. The van der Waals surface area contributed by atoms with Crippen molar-refractivity contribution in [3.8, 4) is 0 Å². The molecule has 3 N–H and O–H groups in total. The summed E-state index contributed by atoms with van der Waals surface area (Å²) in [5.74, 6) is -2.34. The van der Waals surface area contributed by atoms with Crippen LogP contribution in [0, 0.1) is 14.1 Å². The third-order valence-corrected chi connectivity index (χ3v) is 5.18. The molecule has 1 aromatic carbocycles. The summed E-state index contributed by atoms with van der Waals surface area (Å²) < 4.78 is 10.8. The number of halogens is 2. The van der Waals surface area contributed by atoms with Crippen LogP contribution in [0.4, 0.5) is 5.69 Å². The second-order valence-electron chi connectivity index (χ2n) is 4.27. The maximum atomic E-state index is 11.5. The van der Waals surface area contributed by atoms with Gasteiger partial charge in [-0.1, -0.05) is 0 Å². The van der Waals surface area contributed by atoms with E-state index in [1.807, 2.05) is 22.6 Å². The lowest BCUT2D eigenvalue weighted by Crippen LogP contribution is -2.25. The molecule has 0 atom stereocenters. The SMILES string of the molecule is COC(CNc1c(C)c(C(=O)O)c(I)c(C(=O)O)c1I)OC. The molecular formula is C13H15I2NO6. The zero-order valence-electron chi connectivity index (χ0n) is 12.1. The smallest absolute Gasteiger partial charge is 0.337 e. The lowest BCUT2D eigenvalue weighted by molar-refractivity contribution is -0.0914. The molecule has 0 aliphatic carbocycles. The molecule has 9 heteroatoms. The second-order valence-corrected chi connectivity index (χ2v) is 6.43. The Bertz CT molecular complexity index is 560. The van der Waals surface area contributed by atoms with Crippen LogP contribution in [-0.2, 0) is 9.47 Å². The largest absolute Gasteiger partial charge is 0.478 e. The summed E-state index contributed by atoms with van der Waals surface area (Å²) in [7, 11) is 2.96. The quantitative estimate of drug-likeness (QED) is 0.365. The first kappa shape index (κ1) is 19.4. The summed E-state index contributed by atoms with van der Waals surface area (Å²) in [5, 5.41) is 21.7. The van der Waals surface area contributed by atoms with Crippen LogP contribution >= 0.6 is 45.2 Å². The van der Waals surface area contributed by atoms with E-state index < -0.39 is 18.2 Å². The van der Waals surface area contributed by atoms with Gasteiger partial charge in [0, 0.05) is 17.8 Å². The van der Waals surface area contributed by atoms with Gasteiger partial charge in [0.05, 0.1) is 26.9 Å². The molecular weight excluding hydrogens is 520 g/mol. The predicted molar refractivity (Wildman–Crippen MR) is 96.8 cm³/mol. The van der Waals surface area contributed by atoms with Gasteiger partial charge in [-0.15, -0.1) is 0 Å². The van der Waals surface area contributed by atoms with Gasteiger partial charge in [-0.25, -0.2) is 9.59 Å². The Kier molecular flexibility index (Phi) is 7.28. The zero-order valence-corrected chi connectivity index (χ0v) is 16.4. The van der Waals surface area contributed by atoms with Crippen LogP contribution in [0.2, 0.25) is 0 Å². The third-order valence-electron chi connectivity index (χ3n) is 3.03. The molecule has 0 radical (unpaired) electrons. The Balaban J connectivity index is 3.43. The number of methoxy groups -OCH3 is 2. The molecule has 0 saturated carbocycles. The van der Waals surface area contributed by atoms with Gasteiger partial charge < -0.3 is 25.0 Å². The fourth-order valence-electron chi connectivity index (χ4n) is 1.90. The Hall–Kier alpha value is -0.660. The topological polar surface area (TPSA) is 105 Å². The van der Waals surface area contributed by atoms with Crippen LogP contribution in [0.3, 0.4) is 0 Å². The van der Waals surface area contributed by atoms with Crippen molar-refractivity contribution >= 4 is 62.8 Å². The van der Waals surface area contributed by atoms with E-state index in [2.05, 4.69) is 5.32 Å². The minimum absolute atomic E-state index is 0.0210. The minimum Gasteiger partial charge on any atom is -0.478 e. The third kappa shape index (κ3) is 4.00. The summed E-state index contributed by atoms with van der Waals surface area (Å²) in [6.07, 6.45) is -0.531. The molecule has 0 bridgehead atoms. The molecule has 1 rings (SSSR count). The summed E-state index contributed by atoms with van der Waals surface area (Å²) >= 11 is 3.65.